The van der Waals surface area contributed by atoms with Crippen LogP contribution in [0.2, 0.25) is 0 Å². The Morgan fingerprint density at radius 1 is 1.35 bits per heavy atom. The van der Waals surface area contributed by atoms with Crippen molar-refractivity contribution in [3.63, 3.8) is 0 Å². The summed E-state index contributed by atoms with van der Waals surface area (Å²) in [6.45, 7) is 3.59. The maximum absolute atomic E-state index is 5.65. The molecular formula is C13H13N9O. The highest BCUT2D eigenvalue weighted by Gasteiger charge is 2.17. The van der Waals surface area contributed by atoms with Crippen LogP contribution in [-0.4, -0.2) is 42.2 Å². The van der Waals surface area contributed by atoms with E-state index >= 15 is 0 Å². The highest BCUT2D eigenvalue weighted by Crippen LogP contribution is 2.15. The van der Waals surface area contributed by atoms with Crippen LogP contribution in [0.15, 0.2) is 39.2 Å². The molecule has 0 radical (unpaired) electrons. The van der Waals surface area contributed by atoms with Crippen molar-refractivity contribution < 1.29 is 4.63 Å². The van der Waals surface area contributed by atoms with E-state index in [2.05, 4.69) is 40.4 Å². The fourth-order valence-electron chi connectivity index (χ4n) is 1.88. The molecule has 0 amide bonds. The Kier molecular flexibility index (Phi) is 3.87. The molecule has 0 bridgehead atoms. The lowest BCUT2D eigenvalue weighted by Crippen LogP contribution is -2.04. The predicted octanol–water partition coefficient (Wildman–Crippen LogP) is 0.779. The number of anilines is 1. The molecule has 3 rings (SSSR count). The molecule has 3 aromatic rings. The summed E-state index contributed by atoms with van der Waals surface area (Å²) in [4.78, 5) is 4.12. The third kappa shape index (κ3) is 2.95. The maximum Gasteiger partial charge on any atom is 0.243 e. The summed E-state index contributed by atoms with van der Waals surface area (Å²) < 4.78 is 6.00. The summed E-state index contributed by atoms with van der Waals surface area (Å²) in [6.07, 6.45) is 3.24. The van der Waals surface area contributed by atoms with E-state index in [1.54, 1.807) is 19.3 Å². The molecule has 0 saturated carbocycles. The molecule has 0 saturated heterocycles. The standard InChI is InChI=1S/C13H13N9O/c1-8(17-16-7-10-5-3-4-6-15-10)11-9(2)22(21-18-11)13-12(14)19-23-20-13/h3-7H,1-2H3,(H2,14,19). The van der Waals surface area contributed by atoms with Gasteiger partial charge < -0.3 is 5.73 Å². The van der Waals surface area contributed by atoms with Crippen molar-refractivity contribution in [2.24, 2.45) is 10.2 Å². The van der Waals surface area contributed by atoms with Crippen molar-refractivity contribution >= 4 is 17.7 Å². The predicted molar refractivity (Wildman–Crippen MR) is 82.4 cm³/mol. The van der Waals surface area contributed by atoms with Gasteiger partial charge in [0.2, 0.25) is 11.6 Å². The lowest BCUT2D eigenvalue weighted by Gasteiger charge is -1.98. The molecule has 0 unspecified atom stereocenters. The van der Waals surface area contributed by atoms with Gasteiger partial charge in [0.05, 0.1) is 23.3 Å². The van der Waals surface area contributed by atoms with Crippen molar-refractivity contribution in [2.75, 3.05) is 5.73 Å². The van der Waals surface area contributed by atoms with Gasteiger partial charge in [0.25, 0.3) is 0 Å². The Balaban J connectivity index is 1.85. The quantitative estimate of drug-likeness (QED) is 0.555. The molecule has 116 valence electrons. The summed E-state index contributed by atoms with van der Waals surface area (Å²) >= 11 is 0. The average Bonchev–Trinajstić information content (AvgIpc) is 3.14. The second kappa shape index (κ2) is 6.13. The SMILES string of the molecule is CC(=NN=Cc1ccccn1)c1nnn(-c2nonc2N)c1C. The van der Waals surface area contributed by atoms with Crippen LogP contribution < -0.4 is 5.73 Å². The summed E-state index contributed by atoms with van der Waals surface area (Å²) in [5.41, 5.74) is 8.23. The summed E-state index contributed by atoms with van der Waals surface area (Å²) in [7, 11) is 0. The molecule has 0 aliphatic carbocycles. The van der Waals surface area contributed by atoms with E-state index in [0.717, 1.165) is 0 Å². The topological polar surface area (TPSA) is 133 Å². The molecule has 0 spiro atoms. The third-order valence-corrected chi connectivity index (χ3v) is 3.02. The van der Waals surface area contributed by atoms with Crippen LogP contribution in [0.5, 0.6) is 0 Å². The molecule has 0 aliphatic heterocycles. The molecule has 10 nitrogen and oxygen atoms in total. The first-order valence-electron chi connectivity index (χ1n) is 6.66. The molecule has 10 heteroatoms. The smallest absolute Gasteiger partial charge is 0.243 e. The fourth-order valence-corrected chi connectivity index (χ4v) is 1.88. The van der Waals surface area contributed by atoms with Crippen molar-refractivity contribution in [1.29, 1.82) is 0 Å². The first kappa shape index (κ1) is 14.5. The number of nitrogen functional groups attached to an aromatic ring is 1. The van der Waals surface area contributed by atoms with Gasteiger partial charge in [-0.25, -0.2) is 4.63 Å². The van der Waals surface area contributed by atoms with Gasteiger partial charge in [-0.1, -0.05) is 11.3 Å². The summed E-state index contributed by atoms with van der Waals surface area (Å²) in [6, 6.07) is 5.53. The lowest BCUT2D eigenvalue weighted by molar-refractivity contribution is 0.306. The van der Waals surface area contributed by atoms with Crippen LogP contribution in [0.3, 0.4) is 0 Å². The summed E-state index contributed by atoms with van der Waals surface area (Å²) in [5, 5.41) is 23.4. The van der Waals surface area contributed by atoms with Gasteiger partial charge in [0, 0.05) is 6.20 Å². The zero-order valence-electron chi connectivity index (χ0n) is 12.5. The van der Waals surface area contributed by atoms with E-state index in [9.17, 15) is 0 Å². The van der Waals surface area contributed by atoms with Crippen molar-refractivity contribution in [3.8, 4) is 5.82 Å². The van der Waals surface area contributed by atoms with Gasteiger partial charge in [-0.3, -0.25) is 4.98 Å². The number of nitrogens with two attached hydrogens (primary N) is 1. The number of pyridine rings is 1. The Morgan fingerprint density at radius 2 is 2.22 bits per heavy atom. The minimum atomic E-state index is 0.132. The highest BCUT2D eigenvalue weighted by molar-refractivity contribution is 5.98. The minimum Gasteiger partial charge on any atom is -0.378 e. The largest absolute Gasteiger partial charge is 0.378 e. The van der Waals surface area contributed by atoms with Gasteiger partial charge in [0.1, 0.15) is 5.69 Å². The van der Waals surface area contributed by atoms with Crippen molar-refractivity contribution in [2.45, 2.75) is 13.8 Å². The number of aromatic nitrogens is 6. The van der Waals surface area contributed by atoms with Crippen molar-refractivity contribution in [3.05, 3.63) is 41.5 Å². The maximum atomic E-state index is 5.65. The van der Waals surface area contributed by atoms with Crippen molar-refractivity contribution in [1.82, 2.24) is 30.3 Å². The monoisotopic (exact) mass is 311 g/mol. The van der Waals surface area contributed by atoms with Crippen LogP contribution in [0.25, 0.3) is 5.82 Å². The van der Waals surface area contributed by atoms with E-state index < -0.39 is 0 Å². The van der Waals surface area contributed by atoms with E-state index in [1.807, 2.05) is 25.1 Å². The van der Waals surface area contributed by atoms with Gasteiger partial charge in [-0.05, 0) is 36.3 Å². The van der Waals surface area contributed by atoms with Crippen LogP contribution in [-0.2, 0) is 0 Å². The summed E-state index contributed by atoms with van der Waals surface area (Å²) in [5.74, 6) is 0.415. The Hall–Kier alpha value is -3.43. The molecule has 3 heterocycles. The van der Waals surface area contributed by atoms with Gasteiger partial charge in [0.15, 0.2) is 0 Å². The van der Waals surface area contributed by atoms with E-state index in [1.165, 1.54) is 4.68 Å². The number of hydrogen-bond acceptors (Lipinski definition) is 9. The Morgan fingerprint density at radius 3 is 2.91 bits per heavy atom. The van der Waals surface area contributed by atoms with Crippen LogP contribution in [0, 0.1) is 6.92 Å². The van der Waals surface area contributed by atoms with Gasteiger partial charge >= 0.3 is 0 Å². The molecule has 0 atom stereocenters. The first-order chi connectivity index (χ1) is 11.2. The molecule has 3 aromatic heterocycles. The molecule has 23 heavy (non-hydrogen) atoms. The Bertz CT molecular complexity index is 863. The van der Waals surface area contributed by atoms with Gasteiger partial charge in [-0.15, -0.1) is 5.10 Å². The zero-order chi connectivity index (χ0) is 16.2. The zero-order valence-corrected chi connectivity index (χ0v) is 12.5. The van der Waals surface area contributed by atoms with Crippen LogP contribution in [0.1, 0.15) is 24.0 Å². The highest BCUT2D eigenvalue weighted by atomic mass is 16.6. The normalized spacial score (nSPS) is 12.2. The van der Waals surface area contributed by atoms with E-state index in [4.69, 9.17) is 5.73 Å². The first-order valence-corrected chi connectivity index (χ1v) is 6.66. The third-order valence-electron chi connectivity index (χ3n) is 3.02. The average molecular weight is 311 g/mol. The lowest BCUT2D eigenvalue weighted by atomic mass is 10.2. The second-order valence-electron chi connectivity index (χ2n) is 4.59. The minimum absolute atomic E-state index is 0.132. The molecule has 0 aromatic carbocycles. The molecule has 0 aliphatic rings. The number of rotatable bonds is 4. The molecule has 2 N–H and O–H groups in total. The fraction of sp³-hybridized carbons (Fsp3) is 0.154. The number of nitrogens with zero attached hydrogens (tertiary/aromatic N) is 8. The molecule has 0 fully saturated rings. The second-order valence-corrected chi connectivity index (χ2v) is 4.59. The Labute approximate surface area is 130 Å². The molecular weight excluding hydrogens is 298 g/mol. The van der Waals surface area contributed by atoms with Gasteiger partial charge in [-0.2, -0.15) is 14.9 Å². The van der Waals surface area contributed by atoms with E-state index in [0.29, 0.717) is 22.8 Å². The number of hydrogen-bond donors (Lipinski definition) is 1. The van der Waals surface area contributed by atoms with Crippen LogP contribution in [0.4, 0.5) is 5.82 Å². The van der Waals surface area contributed by atoms with Crippen LogP contribution >= 0.6 is 0 Å². The van der Waals surface area contributed by atoms with E-state index in [-0.39, 0.29) is 11.6 Å².